The molecule has 2 aromatic heterocycles. The molecule has 0 radical (unpaired) electrons. The molecule has 0 spiro atoms. The van der Waals surface area contributed by atoms with Gasteiger partial charge in [0.1, 0.15) is 5.01 Å². The van der Waals surface area contributed by atoms with Crippen molar-refractivity contribution in [3.63, 3.8) is 0 Å². The first-order chi connectivity index (χ1) is 13.6. The number of nitrogens with zero attached hydrogens (tertiary/aromatic N) is 4. The van der Waals surface area contributed by atoms with E-state index in [-0.39, 0.29) is 5.91 Å². The second-order valence-electron chi connectivity index (χ2n) is 5.94. The summed E-state index contributed by atoms with van der Waals surface area (Å²) in [6, 6.07) is 15.1. The Morgan fingerprint density at radius 3 is 2.82 bits per heavy atom. The maximum atomic E-state index is 12.3. The fourth-order valence-electron chi connectivity index (χ4n) is 2.60. The lowest BCUT2D eigenvalue weighted by Gasteiger charge is -2.06. The molecule has 1 N–H and O–H groups in total. The molecule has 0 aliphatic heterocycles. The van der Waals surface area contributed by atoms with E-state index in [0.717, 1.165) is 38.4 Å². The first-order valence-corrected chi connectivity index (χ1v) is 10.8. The van der Waals surface area contributed by atoms with Crippen molar-refractivity contribution in [2.24, 2.45) is 0 Å². The number of fused-ring (bicyclic) bond motifs is 1. The Labute approximate surface area is 174 Å². The van der Waals surface area contributed by atoms with Crippen LogP contribution in [-0.4, -0.2) is 31.5 Å². The Morgan fingerprint density at radius 2 is 2.04 bits per heavy atom. The average Bonchev–Trinajstić information content (AvgIpc) is 3.28. The molecule has 6 nitrogen and oxygen atoms in total. The first kappa shape index (κ1) is 18.9. The van der Waals surface area contributed by atoms with Gasteiger partial charge in [0.15, 0.2) is 5.82 Å². The maximum absolute atomic E-state index is 12.3. The van der Waals surface area contributed by atoms with Crippen molar-refractivity contribution >= 4 is 51.3 Å². The van der Waals surface area contributed by atoms with Crippen LogP contribution in [0.1, 0.15) is 12.7 Å². The van der Waals surface area contributed by atoms with Crippen molar-refractivity contribution in [1.82, 2.24) is 19.8 Å². The lowest BCUT2D eigenvalue weighted by molar-refractivity contribution is -0.113. The number of thioether (sulfide) groups is 1. The van der Waals surface area contributed by atoms with Crippen molar-refractivity contribution in [1.29, 1.82) is 0 Å². The van der Waals surface area contributed by atoms with Crippen molar-refractivity contribution < 1.29 is 4.79 Å². The van der Waals surface area contributed by atoms with Gasteiger partial charge >= 0.3 is 0 Å². The van der Waals surface area contributed by atoms with Crippen LogP contribution in [-0.2, 0) is 11.2 Å². The third-order valence-corrected chi connectivity index (χ3v) is 6.16. The third-order valence-electron chi connectivity index (χ3n) is 3.95. The van der Waals surface area contributed by atoms with E-state index in [9.17, 15) is 4.79 Å². The zero-order valence-corrected chi connectivity index (χ0v) is 17.3. The van der Waals surface area contributed by atoms with Crippen LogP contribution >= 0.6 is 34.7 Å². The van der Waals surface area contributed by atoms with Gasteiger partial charge in [-0.3, -0.25) is 4.79 Å². The Balaban J connectivity index is 1.44. The minimum atomic E-state index is -0.0662. The van der Waals surface area contributed by atoms with Crippen molar-refractivity contribution in [3.05, 3.63) is 59.4 Å². The fourth-order valence-corrected chi connectivity index (χ4v) is 4.28. The number of carbonyl (C=O) groups excluding carboxylic acids is 1. The van der Waals surface area contributed by atoms with Crippen molar-refractivity contribution in [2.75, 3.05) is 11.1 Å². The van der Waals surface area contributed by atoms with E-state index in [0.29, 0.717) is 10.8 Å². The van der Waals surface area contributed by atoms with Gasteiger partial charge in [0, 0.05) is 27.6 Å². The summed E-state index contributed by atoms with van der Waals surface area (Å²) in [5, 5.41) is 17.3. The number of anilines is 1. The second kappa shape index (κ2) is 8.30. The van der Waals surface area contributed by atoms with Gasteiger partial charge in [0.25, 0.3) is 0 Å². The molecule has 0 unspecified atom stereocenters. The summed E-state index contributed by atoms with van der Waals surface area (Å²) in [7, 11) is 0. The van der Waals surface area contributed by atoms with E-state index in [1.165, 1.54) is 23.1 Å². The van der Waals surface area contributed by atoms with Gasteiger partial charge in [0.05, 0.1) is 5.75 Å². The summed E-state index contributed by atoms with van der Waals surface area (Å²) in [6.07, 6.45) is 0.770. The minimum absolute atomic E-state index is 0.0662. The zero-order chi connectivity index (χ0) is 19.5. The molecule has 2 heterocycles. The third kappa shape index (κ3) is 4.19. The van der Waals surface area contributed by atoms with E-state index in [4.69, 9.17) is 11.6 Å². The van der Waals surface area contributed by atoms with Gasteiger partial charge in [-0.05, 0) is 36.4 Å². The maximum Gasteiger partial charge on any atom is 0.234 e. The summed E-state index contributed by atoms with van der Waals surface area (Å²) < 4.78 is 1.77. The van der Waals surface area contributed by atoms with Gasteiger partial charge in [-0.2, -0.15) is 9.61 Å². The molecule has 0 aliphatic carbocycles. The SMILES string of the molecule is CCc1nnc2sc(-c3cccc(NC(=O)CSc4ccc(Cl)cc4)c3)nn12. The first-order valence-electron chi connectivity index (χ1n) is 8.62. The molecule has 4 aromatic rings. The monoisotopic (exact) mass is 429 g/mol. The summed E-state index contributed by atoms with van der Waals surface area (Å²) in [6.45, 7) is 2.02. The highest BCUT2D eigenvalue weighted by Gasteiger charge is 2.12. The predicted molar refractivity (Wildman–Crippen MR) is 114 cm³/mol. The predicted octanol–water partition coefficient (Wildman–Crippen LogP) is 4.80. The number of carbonyl (C=O) groups is 1. The Hall–Kier alpha value is -2.42. The van der Waals surface area contributed by atoms with Crippen LogP contribution in [0.2, 0.25) is 5.02 Å². The number of halogens is 1. The molecule has 142 valence electrons. The number of benzene rings is 2. The molecular formula is C19H16ClN5OS2. The largest absolute Gasteiger partial charge is 0.325 e. The number of hydrogen-bond donors (Lipinski definition) is 1. The van der Waals surface area contributed by atoms with Crippen molar-refractivity contribution in [2.45, 2.75) is 18.2 Å². The molecule has 28 heavy (non-hydrogen) atoms. The molecule has 9 heteroatoms. The number of amides is 1. The number of nitrogens with one attached hydrogen (secondary N) is 1. The smallest absolute Gasteiger partial charge is 0.234 e. The lowest BCUT2D eigenvalue weighted by Crippen LogP contribution is -2.13. The average molecular weight is 430 g/mol. The molecule has 2 aromatic carbocycles. The Bertz CT molecular complexity index is 1120. The van der Waals surface area contributed by atoms with Gasteiger partial charge < -0.3 is 5.32 Å². The standard InChI is InChI=1S/C19H16ClN5OS2/c1-2-16-22-23-19-25(16)24-18(28-19)12-4-3-5-14(10-12)21-17(26)11-27-15-8-6-13(20)7-9-15/h3-10H,2,11H2,1H3,(H,21,26). The molecule has 0 aliphatic rings. The quantitative estimate of drug-likeness (QED) is 0.446. The summed E-state index contributed by atoms with van der Waals surface area (Å²) in [5.41, 5.74) is 1.67. The van der Waals surface area contributed by atoms with Crippen LogP contribution < -0.4 is 5.32 Å². The van der Waals surface area contributed by atoms with E-state index < -0.39 is 0 Å². The van der Waals surface area contributed by atoms with Crippen LogP contribution in [0.4, 0.5) is 5.69 Å². The summed E-state index contributed by atoms with van der Waals surface area (Å²) in [5.74, 6) is 1.09. The lowest BCUT2D eigenvalue weighted by atomic mass is 10.2. The van der Waals surface area contributed by atoms with Crippen LogP contribution in [0.25, 0.3) is 15.5 Å². The van der Waals surface area contributed by atoms with Gasteiger partial charge in [-0.1, -0.05) is 42.0 Å². The molecule has 0 saturated carbocycles. The Kier molecular flexibility index (Phi) is 5.61. The highest BCUT2D eigenvalue weighted by molar-refractivity contribution is 8.00. The van der Waals surface area contributed by atoms with Crippen molar-refractivity contribution in [3.8, 4) is 10.6 Å². The molecule has 1 amide bonds. The van der Waals surface area contributed by atoms with E-state index in [2.05, 4.69) is 20.6 Å². The van der Waals surface area contributed by atoms with Gasteiger partial charge in [-0.25, -0.2) is 0 Å². The summed E-state index contributed by atoms with van der Waals surface area (Å²) >= 11 is 8.82. The second-order valence-corrected chi connectivity index (χ2v) is 8.38. The Morgan fingerprint density at radius 1 is 1.21 bits per heavy atom. The van der Waals surface area contributed by atoms with Crippen LogP contribution in [0.5, 0.6) is 0 Å². The minimum Gasteiger partial charge on any atom is -0.325 e. The molecule has 0 atom stereocenters. The van der Waals surface area contributed by atoms with Crippen LogP contribution in [0.3, 0.4) is 0 Å². The summed E-state index contributed by atoms with van der Waals surface area (Å²) in [4.78, 5) is 14.1. The molecular weight excluding hydrogens is 414 g/mol. The van der Waals surface area contributed by atoms with Gasteiger partial charge in [-0.15, -0.1) is 22.0 Å². The fraction of sp³-hybridized carbons (Fsp3) is 0.158. The highest BCUT2D eigenvalue weighted by Crippen LogP contribution is 2.28. The number of aryl methyl sites for hydroxylation is 1. The number of aromatic nitrogens is 4. The topological polar surface area (TPSA) is 72.2 Å². The van der Waals surface area contributed by atoms with Gasteiger partial charge in [0.2, 0.25) is 10.9 Å². The number of rotatable bonds is 6. The molecule has 4 rings (SSSR count). The zero-order valence-electron chi connectivity index (χ0n) is 14.9. The van der Waals surface area contributed by atoms with E-state index in [1.54, 1.807) is 4.52 Å². The van der Waals surface area contributed by atoms with E-state index in [1.807, 2.05) is 55.5 Å². The molecule has 0 bridgehead atoms. The number of hydrogen-bond acceptors (Lipinski definition) is 6. The molecule has 0 saturated heterocycles. The van der Waals surface area contributed by atoms with Crippen LogP contribution in [0.15, 0.2) is 53.4 Å². The van der Waals surface area contributed by atoms with Crippen LogP contribution in [0, 0.1) is 0 Å². The highest BCUT2D eigenvalue weighted by atomic mass is 35.5. The van der Waals surface area contributed by atoms with E-state index >= 15 is 0 Å². The molecule has 0 fully saturated rings. The normalized spacial score (nSPS) is 11.1.